The normalized spacial score (nSPS) is 19.7. The number of methoxy groups -OCH3 is 1. The Morgan fingerprint density at radius 2 is 1.93 bits per heavy atom. The van der Waals surface area contributed by atoms with Crippen LogP contribution in [0.3, 0.4) is 0 Å². The summed E-state index contributed by atoms with van der Waals surface area (Å²) in [5.41, 5.74) is 1.93. The molecular formula is C22H28N4O4. The first-order chi connectivity index (χ1) is 14.6. The van der Waals surface area contributed by atoms with Gasteiger partial charge in [0, 0.05) is 38.2 Å². The second kappa shape index (κ2) is 8.87. The van der Waals surface area contributed by atoms with Gasteiger partial charge in [0.2, 0.25) is 0 Å². The van der Waals surface area contributed by atoms with Gasteiger partial charge in [0.25, 0.3) is 11.8 Å². The third kappa shape index (κ3) is 4.05. The van der Waals surface area contributed by atoms with Gasteiger partial charge in [-0.15, -0.1) is 0 Å². The lowest BCUT2D eigenvalue weighted by atomic mass is 9.95. The maximum absolute atomic E-state index is 12.6. The minimum atomic E-state index is -0.272. The second-order valence-electron chi connectivity index (χ2n) is 7.75. The largest absolute Gasteiger partial charge is 0.497 e. The molecule has 0 spiro atoms. The quantitative estimate of drug-likeness (QED) is 0.786. The molecular weight excluding hydrogens is 384 g/mol. The molecule has 1 aromatic carbocycles. The summed E-state index contributed by atoms with van der Waals surface area (Å²) in [6.45, 7) is 2.03. The van der Waals surface area contributed by atoms with Crippen LogP contribution in [-0.2, 0) is 9.53 Å². The number of hydrogen-bond donors (Lipinski definition) is 2. The Labute approximate surface area is 176 Å². The van der Waals surface area contributed by atoms with Gasteiger partial charge in [0.05, 0.1) is 7.11 Å². The molecule has 8 heteroatoms. The third-order valence-corrected chi connectivity index (χ3v) is 5.94. The van der Waals surface area contributed by atoms with E-state index in [0.29, 0.717) is 31.1 Å². The number of carbonyl (C=O) groups is 2. The topological polar surface area (TPSA) is 96.6 Å². The molecule has 0 bridgehead atoms. The first kappa shape index (κ1) is 20.4. The molecule has 4 rings (SSSR count). The molecule has 8 nitrogen and oxygen atoms in total. The van der Waals surface area contributed by atoms with Gasteiger partial charge in [-0.05, 0) is 49.9 Å². The summed E-state index contributed by atoms with van der Waals surface area (Å²) in [5.74, 6) is 1.62. The van der Waals surface area contributed by atoms with Crippen molar-refractivity contribution in [1.82, 2.24) is 20.2 Å². The van der Waals surface area contributed by atoms with Gasteiger partial charge >= 0.3 is 0 Å². The van der Waals surface area contributed by atoms with E-state index < -0.39 is 0 Å². The number of rotatable bonds is 5. The Morgan fingerprint density at radius 3 is 2.53 bits per heavy atom. The van der Waals surface area contributed by atoms with Crippen molar-refractivity contribution >= 4 is 11.8 Å². The number of H-pyrrole nitrogens is 1. The first-order valence-electron chi connectivity index (χ1n) is 10.5. The molecule has 2 aliphatic heterocycles. The Morgan fingerprint density at radius 1 is 1.20 bits per heavy atom. The van der Waals surface area contributed by atoms with E-state index in [1.807, 2.05) is 29.2 Å². The highest BCUT2D eigenvalue weighted by Gasteiger charge is 2.32. The van der Waals surface area contributed by atoms with Crippen molar-refractivity contribution in [2.45, 2.75) is 37.7 Å². The number of piperidine rings is 1. The van der Waals surface area contributed by atoms with E-state index in [1.54, 1.807) is 14.2 Å². The van der Waals surface area contributed by atoms with Crippen LogP contribution in [-0.4, -0.2) is 66.6 Å². The summed E-state index contributed by atoms with van der Waals surface area (Å²) in [5, 5.41) is 2.68. The van der Waals surface area contributed by atoms with Gasteiger partial charge in [-0.3, -0.25) is 9.59 Å². The highest BCUT2D eigenvalue weighted by molar-refractivity contribution is 5.98. The number of nitrogens with zero attached hydrogens (tertiary/aromatic N) is 2. The number of carbonyl (C=O) groups excluding carboxylic acids is 2. The fraction of sp³-hybridized carbons (Fsp3) is 0.500. The lowest BCUT2D eigenvalue weighted by molar-refractivity contribution is -0.142. The number of aromatic nitrogens is 2. The van der Waals surface area contributed by atoms with Gasteiger partial charge in [-0.1, -0.05) is 0 Å². The van der Waals surface area contributed by atoms with Crippen molar-refractivity contribution in [3.05, 3.63) is 35.8 Å². The van der Waals surface area contributed by atoms with E-state index in [0.717, 1.165) is 42.8 Å². The Hall–Kier alpha value is -2.87. The van der Waals surface area contributed by atoms with Gasteiger partial charge in [0.1, 0.15) is 29.1 Å². The first-order valence-corrected chi connectivity index (χ1v) is 10.5. The molecule has 1 atom stereocenters. The van der Waals surface area contributed by atoms with Crippen LogP contribution in [0, 0.1) is 0 Å². The number of ether oxygens (including phenoxy) is 2. The molecule has 2 fully saturated rings. The molecule has 1 aromatic heterocycles. The number of amides is 2. The van der Waals surface area contributed by atoms with Crippen molar-refractivity contribution in [3.63, 3.8) is 0 Å². The fourth-order valence-electron chi connectivity index (χ4n) is 4.18. The summed E-state index contributed by atoms with van der Waals surface area (Å²) in [6, 6.07) is 7.50. The van der Waals surface area contributed by atoms with Gasteiger partial charge in [-0.25, -0.2) is 4.98 Å². The smallest absolute Gasteiger partial charge is 0.269 e. The van der Waals surface area contributed by atoms with Crippen LogP contribution < -0.4 is 10.1 Å². The number of hydrogen-bond acceptors (Lipinski definition) is 5. The van der Waals surface area contributed by atoms with Gasteiger partial charge < -0.3 is 24.7 Å². The highest BCUT2D eigenvalue weighted by Crippen LogP contribution is 2.31. The molecule has 160 valence electrons. The Bertz CT molecular complexity index is 894. The molecule has 3 heterocycles. The van der Waals surface area contributed by atoms with E-state index in [9.17, 15) is 9.59 Å². The molecule has 2 aromatic rings. The zero-order valence-electron chi connectivity index (χ0n) is 17.4. The molecule has 2 aliphatic rings. The summed E-state index contributed by atoms with van der Waals surface area (Å²) in [6.07, 6.45) is 3.11. The zero-order valence-corrected chi connectivity index (χ0v) is 17.4. The molecule has 0 saturated carbocycles. The molecule has 2 N–H and O–H groups in total. The minimum absolute atomic E-state index is 0.107. The van der Waals surface area contributed by atoms with Crippen LogP contribution in [0.25, 0.3) is 11.3 Å². The van der Waals surface area contributed by atoms with E-state index in [1.165, 1.54) is 0 Å². The lowest BCUT2D eigenvalue weighted by Gasteiger charge is -2.32. The van der Waals surface area contributed by atoms with Gasteiger partial charge in [0.15, 0.2) is 0 Å². The van der Waals surface area contributed by atoms with Crippen LogP contribution in [0.4, 0.5) is 0 Å². The van der Waals surface area contributed by atoms with Crippen LogP contribution in [0.15, 0.2) is 24.3 Å². The molecule has 2 saturated heterocycles. The van der Waals surface area contributed by atoms with Crippen molar-refractivity contribution in [1.29, 1.82) is 0 Å². The van der Waals surface area contributed by atoms with E-state index in [4.69, 9.17) is 14.5 Å². The maximum atomic E-state index is 12.6. The molecule has 0 radical (unpaired) electrons. The van der Waals surface area contributed by atoms with Crippen molar-refractivity contribution in [3.8, 4) is 17.0 Å². The number of nitrogens with one attached hydrogen (secondary N) is 2. The number of benzene rings is 1. The Balaban J connectivity index is 1.51. The third-order valence-electron chi connectivity index (χ3n) is 5.94. The van der Waals surface area contributed by atoms with Gasteiger partial charge in [-0.2, -0.15) is 0 Å². The van der Waals surface area contributed by atoms with E-state index >= 15 is 0 Å². The van der Waals surface area contributed by atoms with Crippen LogP contribution in [0.2, 0.25) is 0 Å². The predicted octanol–water partition coefficient (Wildman–Crippen LogP) is 2.33. The SMILES string of the molecule is CNC(=O)c1[nH]c(C2CCN(C(=O)C3CCCO3)CC2)nc1-c1ccc(OC)cc1. The molecule has 0 aliphatic carbocycles. The fourth-order valence-corrected chi connectivity index (χ4v) is 4.18. The number of imidazole rings is 1. The summed E-state index contributed by atoms with van der Waals surface area (Å²) in [4.78, 5) is 35.0. The molecule has 30 heavy (non-hydrogen) atoms. The number of aromatic amines is 1. The summed E-state index contributed by atoms with van der Waals surface area (Å²) < 4.78 is 10.8. The van der Waals surface area contributed by atoms with Crippen molar-refractivity contribution < 1.29 is 19.1 Å². The Kier molecular flexibility index (Phi) is 6.03. The maximum Gasteiger partial charge on any atom is 0.269 e. The standard InChI is InChI=1S/C22H28N4O4/c1-23-21(27)19-18(14-5-7-16(29-2)8-6-14)24-20(25-19)15-9-11-26(12-10-15)22(28)17-4-3-13-30-17/h5-8,15,17H,3-4,9-13H2,1-2H3,(H,23,27)(H,24,25). The lowest BCUT2D eigenvalue weighted by Crippen LogP contribution is -2.43. The predicted molar refractivity (Wildman–Crippen MR) is 111 cm³/mol. The van der Waals surface area contributed by atoms with E-state index in [-0.39, 0.29) is 23.8 Å². The average Bonchev–Trinajstić information content (AvgIpc) is 3.49. The highest BCUT2D eigenvalue weighted by atomic mass is 16.5. The average molecular weight is 412 g/mol. The van der Waals surface area contributed by atoms with Crippen molar-refractivity contribution in [2.24, 2.45) is 0 Å². The zero-order chi connectivity index (χ0) is 21.1. The van der Waals surface area contributed by atoms with Crippen LogP contribution >= 0.6 is 0 Å². The van der Waals surface area contributed by atoms with Crippen LogP contribution in [0.1, 0.15) is 47.9 Å². The minimum Gasteiger partial charge on any atom is -0.497 e. The second-order valence-corrected chi connectivity index (χ2v) is 7.75. The summed E-state index contributed by atoms with van der Waals surface area (Å²) in [7, 11) is 3.23. The van der Waals surface area contributed by atoms with Crippen molar-refractivity contribution in [2.75, 3.05) is 33.9 Å². The van der Waals surface area contributed by atoms with E-state index in [2.05, 4.69) is 10.3 Å². The monoisotopic (exact) mass is 412 g/mol. The molecule has 1 unspecified atom stereocenters. The summed E-state index contributed by atoms with van der Waals surface area (Å²) >= 11 is 0. The molecule has 2 amide bonds. The number of likely N-dealkylation sites (tertiary alicyclic amines) is 1. The van der Waals surface area contributed by atoms with Crippen LogP contribution in [0.5, 0.6) is 5.75 Å².